The van der Waals surface area contributed by atoms with Gasteiger partial charge < -0.3 is 29.3 Å². The first-order valence-corrected chi connectivity index (χ1v) is 12.8. The molecule has 2 aromatic heterocycles. The maximum absolute atomic E-state index is 6.54. The highest BCUT2D eigenvalue weighted by molar-refractivity contribution is 5.85. The third-order valence-electron chi connectivity index (χ3n) is 6.62. The van der Waals surface area contributed by atoms with E-state index in [0.717, 1.165) is 81.0 Å². The number of anilines is 2. The highest BCUT2D eigenvalue weighted by Gasteiger charge is 2.25. The Morgan fingerprint density at radius 3 is 2.64 bits per heavy atom. The lowest BCUT2D eigenvalue weighted by Crippen LogP contribution is -2.36. The number of nitrogens with zero attached hydrogens (tertiary/aromatic N) is 6. The second kappa shape index (κ2) is 11.7. The van der Waals surface area contributed by atoms with Gasteiger partial charge in [0.1, 0.15) is 17.9 Å². The number of benzene rings is 1. The number of hydrogen-bond acceptors (Lipinski definition) is 10. The molecule has 1 N–H and O–H groups in total. The molecule has 2 fully saturated rings. The van der Waals surface area contributed by atoms with Crippen LogP contribution in [-0.4, -0.2) is 90.5 Å². The van der Waals surface area contributed by atoms with Crippen LogP contribution in [0.2, 0.25) is 0 Å². The van der Waals surface area contributed by atoms with Crippen molar-refractivity contribution in [3.8, 4) is 11.6 Å². The molecule has 36 heavy (non-hydrogen) atoms. The van der Waals surface area contributed by atoms with Gasteiger partial charge in [0.2, 0.25) is 11.8 Å². The molecule has 192 valence electrons. The molecule has 1 aromatic carbocycles. The van der Waals surface area contributed by atoms with Crippen molar-refractivity contribution in [2.75, 3.05) is 63.8 Å². The number of rotatable bonds is 9. The third-order valence-corrected chi connectivity index (χ3v) is 6.62. The molecule has 3 aromatic rings. The molecule has 0 atom stereocenters. The molecule has 10 heteroatoms. The van der Waals surface area contributed by atoms with Crippen molar-refractivity contribution >= 4 is 22.7 Å². The Bertz CT molecular complexity index is 1130. The van der Waals surface area contributed by atoms with Crippen LogP contribution in [0.1, 0.15) is 25.7 Å². The van der Waals surface area contributed by atoms with Crippen LogP contribution < -0.4 is 19.7 Å². The van der Waals surface area contributed by atoms with Gasteiger partial charge in [0.05, 0.1) is 24.8 Å². The number of hydrogen-bond donors (Lipinski definition) is 1. The molecular weight excluding hydrogens is 458 g/mol. The van der Waals surface area contributed by atoms with Gasteiger partial charge >= 0.3 is 0 Å². The normalized spacial score (nSPS) is 20.5. The number of aromatic nitrogens is 4. The van der Waals surface area contributed by atoms with Crippen molar-refractivity contribution in [1.82, 2.24) is 24.8 Å². The van der Waals surface area contributed by atoms with Gasteiger partial charge in [0.15, 0.2) is 0 Å². The number of morpholine rings is 1. The number of likely N-dealkylation sites (N-methyl/N-ethyl adjacent to an activating group) is 1. The van der Waals surface area contributed by atoms with Crippen LogP contribution in [0.3, 0.4) is 0 Å². The molecule has 3 heterocycles. The SMILES string of the molecule is CN(C)CCOc1ccnc(NC2CCC(Oc3cc(N4CCOCC4)cc4nccnc34)CC2)n1. The molecule has 0 bridgehead atoms. The molecule has 2 aliphatic rings. The Morgan fingerprint density at radius 2 is 1.83 bits per heavy atom. The van der Waals surface area contributed by atoms with E-state index in [9.17, 15) is 0 Å². The molecule has 0 amide bonds. The fourth-order valence-electron chi connectivity index (χ4n) is 4.63. The zero-order valence-corrected chi connectivity index (χ0v) is 21.1. The second-order valence-electron chi connectivity index (χ2n) is 9.57. The topological polar surface area (TPSA) is 97.8 Å². The van der Waals surface area contributed by atoms with Crippen LogP contribution in [-0.2, 0) is 4.74 Å². The molecule has 10 nitrogen and oxygen atoms in total. The van der Waals surface area contributed by atoms with E-state index in [4.69, 9.17) is 14.2 Å². The van der Waals surface area contributed by atoms with Gasteiger partial charge in [0.25, 0.3) is 0 Å². The van der Waals surface area contributed by atoms with Crippen molar-refractivity contribution in [3.63, 3.8) is 0 Å². The van der Waals surface area contributed by atoms with Gasteiger partial charge in [-0.2, -0.15) is 4.98 Å². The lowest BCUT2D eigenvalue weighted by molar-refractivity contribution is 0.122. The minimum atomic E-state index is 0.134. The molecular formula is C26H35N7O3. The zero-order chi connectivity index (χ0) is 24.7. The lowest BCUT2D eigenvalue weighted by Gasteiger charge is -2.31. The molecule has 1 saturated carbocycles. The first kappa shape index (κ1) is 24.5. The Hall–Kier alpha value is -3.24. The Labute approximate surface area is 212 Å². The Morgan fingerprint density at radius 1 is 1.03 bits per heavy atom. The average Bonchev–Trinajstić information content (AvgIpc) is 2.90. The van der Waals surface area contributed by atoms with E-state index < -0.39 is 0 Å². The third kappa shape index (κ3) is 6.30. The van der Waals surface area contributed by atoms with E-state index in [2.05, 4.69) is 47.2 Å². The van der Waals surface area contributed by atoms with Crippen molar-refractivity contribution in [1.29, 1.82) is 0 Å². The maximum Gasteiger partial charge on any atom is 0.226 e. The first-order valence-electron chi connectivity index (χ1n) is 12.8. The van der Waals surface area contributed by atoms with Crippen LogP contribution in [0.5, 0.6) is 11.6 Å². The summed E-state index contributed by atoms with van der Waals surface area (Å²) in [5, 5.41) is 3.48. The first-order chi connectivity index (χ1) is 17.6. The summed E-state index contributed by atoms with van der Waals surface area (Å²) in [6.07, 6.45) is 9.18. The number of nitrogens with one attached hydrogen (secondary N) is 1. The molecule has 1 aliphatic carbocycles. The molecule has 1 aliphatic heterocycles. The van der Waals surface area contributed by atoms with E-state index >= 15 is 0 Å². The molecule has 0 spiro atoms. The van der Waals surface area contributed by atoms with E-state index in [1.165, 1.54) is 0 Å². The Kier molecular flexibility index (Phi) is 7.92. The minimum absolute atomic E-state index is 0.134. The summed E-state index contributed by atoms with van der Waals surface area (Å²) in [5.74, 6) is 2.02. The van der Waals surface area contributed by atoms with E-state index in [1.807, 2.05) is 14.1 Å². The van der Waals surface area contributed by atoms with Gasteiger partial charge in [0, 0.05) is 62.1 Å². The summed E-state index contributed by atoms with van der Waals surface area (Å²) in [6, 6.07) is 6.31. The van der Waals surface area contributed by atoms with Gasteiger partial charge in [-0.1, -0.05) is 0 Å². The largest absolute Gasteiger partial charge is 0.488 e. The summed E-state index contributed by atoms with van der Waals surface area (Å²) >= 11 is 0. The molecule has 0 radical (unpaired) electrons. The highest BCUT2D eigenvalue weighted by Crippen LogP contribution is 2.33. The summed E-state index contributed by atoms with van der Waals surface area (Å²) in [6.45, 7) is 4.64. The van der Waals surface area contributed by atoms with E-state index in [0.29, 0.717) is 24.5 Å². The van der Waals surface area contributed by atoms with Crippen LogP contribution in [0.4, 0.5) is 11.6 Å². The molecule has 1 saturated heterocycles. The minimum Gasteiger partial charge on any atom is -0.488 e. The lowest BCUT2D eigenvalue weighted by atomic mass is 9.93. The van der Waals surface area contributed by atoms with Crippen LogP contribution in [0, 0.1) is 0 Å². The summed E-state index contributed by atoms with van der Waals surface area (Å²) in [4.78, 5) is 22.4. The van der Waals surface area contributed by atoms with E-state index in [-0.39, 0.29) is 6.10 Å². The predicted octanol–water partition coefficient (Wildman–Crippen LogP) is 3.00. The number of fused-ring (bicyclic) bond motifs is 1. The summed E-state index contributed by atoms with van der Waals surface area (Å²) < 4.78 is 17.8. The highest BCUT2D eigenvalue weighted by atomic mass is 16.5. The van der Waals surface area contributed by atoms with Crippen molar-refractivity contribution < 1.29 is 14.2 Å². The Balaban J connectivity index is 1.19. The summed E-state index contributed by atoms with van der Waals surface area (Å²) in [5.41, 5.74) is 2.78. The predicted molar refractivity (Wildman–Crippen MR) is 139 cm³/mol. The van der Waals surface area contributed by atoms with Crippen LogP contribution in [0.15, 0.2) is 36.8 Å². The average molecular weight is 494 g/mol. The maximum atomic E-state index is 6.54. The van der Waals surface area contributed by atoms with Crippen molar-refractivity contribution in [3.05, 3.63) is 36.8 Å². The summed E-state index contributed by atoms with van der Waals surface area (Å²) in [7, 11) is 4.04. The van der Waals surface area contributed by atoms with Crippen LogP contribution >= 0.6 is 0 Å². The van der Waals surface area contributed by atoms with Crippen LogP contribution in [0.25, 0.3) is 11.0 Å². The quantitative estimate of drug-likeness (QED) is 0.479. The standard InChI is InChI=1S/C26H35N7O3/c1-32(2)11-16-35-24-7-8-29-26(31-24)30-19-3-5-21(6-4-19)36-23-18-20(33-12-14-34-15-13-33)17-22-25(23)28-10-9-27-22/h7-10,17-19,21H,3-6,11-16H2,1-2H3,(H,29,30,31). The fourth-order valence-corrected chi connectivity index (χ4v) is 4.63. The zero-order valence-electron chi connectivity index (χ0n) is 21.1. The van der Waals surface area contributed by atoms with Gasteiger partial charge in [-0.3, -0.25) is 4.98 Å². The van der Waals surface area contributed by atoms with Gasteiger partial charge in [-0.25, -0.2) is 9.97 Å². The van der Waals surface area contributed by atoms with Gasteiger partial charge in [-0.05, 0) is 45.8 Å². The number of ether oxygens (including phenoxy) is 3. The fraction of sp³-hybridized carbons (Fsp3) is 0.538. The molecule has 0 unspecified atom stereocenters. The smallest absolute Gasteiger partial charge is 0.226 e. The monoisotopic (exact) mass is 493 g/mol. The van der Waals surface area contributed by atoms with Crippen molar-refractivity contribution in [2.24, 2.45) is 0 Å². The molecule has 5 rings (SSSR count). The second-order valence-corrected chi connectivity index (χ2v) is 9.57. The van der Waals surface area contributed by atoms with E-state index in [1.54, 1.807) is 24.7 Å². The van der Waals surface area contributed by atoms with Crippen molar-refractivity contribution in [2.45, 2.75) is 37.8 Å². The van der Waals surface area contributed by atoms with Gasteiger partial charge in [-0.15, -0.1) is 0 Å².